The van der Waals surface area contributed by atoms with E-state index in [9.17, 15) is 4.79 Å². The summed E-state index contributed by atoms with van der Waals surface area (Å²) >= 11 is 0. The Morgan fingerprint density at radius 2 is 1.70 bits per heavy atom. The van der Waals surface area contributed by atoms with Gasteiger partial charge < -0.3 is 9.84 Å². The lowest BCUT2D eigenvalue weighted by atomic mass is 10.2. The largest absolute Gasteiger partial charge is 0.345 e. The van der Waals surface area contributed by atoms with Crippen molar-refractivity contribution in [1.82, 2.24) is 30.4 Å². The molecule has 3 aromatic heterocycles. The SMILES string of the molecule is O=C(NCc1noc(-c2ccccc2)n1)c1cnc(-c2ccncc2)nc1. The Morgan fingerprint density at radius 1 is 0.963 bits per heavy atom. The van der Waals surface area contributed by atoms with Gasteiger partial charge in [-0.15, -0.1) is 0 Å². The fourth-order valence-corrected chi connectivity index (χ4v) is 2.38. The van der Waals surface area contributed by atoms with Crippen LogP contribution in [-0.2, 0) is 6.54 Å². The molecular weight excluding hydrogens is 344 g/mol. The monoisotopic (exact) mass is 358 g/mol. The van der Waals surface area contributed by atoms with Crippen LogP contribution in [0.15, 0.2) is 71.8 Å². The smallest absolute Gasteiger partial charge is 0.257 e. The van der Waals surface area contributed by atoms with Gasteiger partial charge in [0.25, 0.3) is 11.8 Å². The highest BCUT2D eigenvalue weighted by Crippen LogP contribution is 2.16. The first kappa shape index (κ1) is 16.5. The first-order valence-corrected chi connectivity index (χ1v) is 8.18. The van der Waals surface area contributed by atoms with E-state index in [1.807, 2.05) is 30.3 Å². The molecule has 27 heavy (non-hydrogen) atoms. The first-order chi connectivity index (χ1) is 13.3. The summed E-state index contributed by atoms with van der Waals surface area (Å²) in [5.74, 6) is 1.00. The molecular formula is C19H14N6O2. The van der Waals surface area contributed by atoms with Crippen LogP contribution in [0.5, 0.6) is 0 Å². The van der Waals surface area contributed by atoms with Crippen LogP contribution in [0, 0.1) is 0 Å². The van der Waals surface area contributed by atoms with Gasteiger partial charge in [-0.25, -0.2) is 9.97 Å². The number of nitrogens with zero attached hydrogens (tertiary/aromatic N) is 5. The highest BCUT2D eigenvalue weighted by Gasteiger charge is 2.12. The fraction of sp³-hybridized carbons (Fsp3) is 0.0526. The van der Waals surface area contributed by atoms with E-state index in [4.69, 9.17) is 4.52 Å². The molecule has 0 aliphatic carbocycles. The van der Waals surface area contributed by atoms with Gasteiger partial charge in [-0.2, -0.15) is 4.98 Å². The summed E-state index contributed by atoms with van der Waals surface area (Å²) in [6.45, 7) is 0.140. The molecule has 0 aliphatic heterocycles. The average Bonchev–Trinajstić information content (AvgIpc) is 3.22. The van der Waals surface area contributed by atoms with Crippen LogP contribution in [0.2, 0.25) is 0 Å². The number of rotatable bonds is 5. The topological polar surface area (TPSA) is 107 Å². The Balaban J connectivity index is 1.39. The predicted molar refractivity (Wildman–Crippen MR) is 96.2 cm³/mol. The van der Waals surface area contributed by atoms with Crippen LogP contribution in [0.1, 0.15) is 16.2 Å². The van der Waals surface area contributed by atoms with Crippen LogP contribution >= 0.6 is 0 Å². The van der Waals surface area contributed by atoms with Crippen molar-refractivity contribution in [1.29, 1.82) is 0 Å². The maximum atomic E-state index is 12.3. The van der Waals surface area contributed by atoms with Crippen molar-refractivity contribution in [2.75, 3.05) is 0 Å². The van der Waals surface area contributed by atoms with Crippen molar-refractivity contribution in [2.45, 2.75) is 6.54 Å². The zero-order chi connectivity index (χ0) is 18.5. The van der Waals surface area contributed by atoms with Crippen LogP contribution in [0.25, 0.3) is 22.8 Å². The standard InChI is InChI=1S/C19H14N6O2/c26-18(15-10-21-17(22-11-15)13-6-8-20-9-7-13)23-12-16-24-19(27-25-16)14-4-2-1-3-5-14/h1-11H,12H2,(H,23,26). The van der Waals surface area contributed by atoms with Gasteiger partial charge in [0, 0.05) is 35.9 Å². The van der Waals surface area contributed by atoms with E-state index in [1.54, 1.807) is 24.5 Å². The first-order valence-electron chi connectivity index (χ1n) is 8.18. The summed E-state index contributed by atoms with van der Waals surface area (Å²) in [7, 11) is 0. The number of carbonyl (C=O) groups excluding carboxylic acids is 1. The molecule has 0 saturated heterocycles. The molecule has 1 aromatic carbocycles. The number of hydrogen-bond donors (Lipinski definition) is 1. The van der Waals surface area contributed by atoms with E-state index < -0.39 is 0 Å². The van der Waals surface area contributed by atoms with E-state index in [2.05, 4.69) is 30.4 Å². The fourth-order valence-electron chi connectivity index (χ4n) is 2.38. The highest BCUT2D eigenvalue weighted by molar-refractivity contribution is 5.93. The average molecular weight is 358 g/mol. The summed E-state index contributed by atoms with van der Waals surface area (Å²) in [6.07, 6.45) is 6.27. The van der Waals surface area contributed by atoms with Crippen LogP contribution in [0.3, 0.4) is 0 Å². The lowest BCUT2D eigenvalue weighted by molar-refractivity contribution is 0.0949. The van der Waals surface area contributed by atoms with Gasteiger partial charge in [-0.1, -0.05) is 23.4 Å². The lowest BCUT2D eigenvalue weighted by Crippen LogP contribution is -2.23. The number of benzene rings is 1. The zero-order valence-corrected chi connectivity index (χ0v) is 14.1. The Morgan fingerprint density at radius 3 is 2.44 bits per heavy atom. The van der Waals surface area contributed by atoms with Crippen molar-refractivity contribution in [2.24, 2.45) is 0 Å². The van der Waals surface area contributed by atoms with Crippen LogP contribution in [-0.4, -0.2) is 31.0 Å². The number of pyridine rings is 1. The third-order valence-electron chi connectivity index (χ3n) is 3.75. The Hall–Kier alpha value is -3.94. The number of aromatic nitrogens is 5. The summed E-state index contributed by atoms with van der Waals surface area (Å²) in [6, 6.07) is 13.0. The Kier molecular flexibility index (Phi) is 4.60. The van der Waals surface area contributed by atoms with Gasteiger partial charge in [0.15, 0.2) is 11.6 Å². The van der Waals surface area contributed by atoms with Gasteiger partial charge in [-0.05, 0) is 24.3 Å². The molecule has 4 rings (SSSR count). The zero-order valence-electron chi connectivity index (χ0n) is 14.1. The third-order valence-corrected chi connectivity index (χ3v) is 3.75. The summed E-state index contributed by atoms with van der Waals surface area (Å²) in [5, 5.41) is 6.60. The molecule has 132 valence electrons. The summed E-state index contributed by atoms with van der Waals surface area (Å²) in [4.78, 5) is 28.9. The lowest BCUT2D eigenvalue weighted by Gasteiger charge is -2.03. The third kappa shape index (κ3) is 3.84. The van der Waals surface area contributed by atoms with Gasteiger partial charge in [-0.3, -0.25) is 9.78 Å². The van der Waals surface area contributed by atoms with Gasteiger partial charge in [0.2, 0.25) is 0 Å². The minimum atomic E-state index is -0.317. The van der Waals surface area contributed by atoms with E-state index in [0.29, 0.717) is 23.1 Å². The molecule has 0 aliphatic rings. The number of hydrogen-bond acceptors (Lipinski definition) is 7. The quantitative estimate of drug-likeness (QED) is 0.584. The number of nitrogens with one attached hydrogen (secondary N) is 1. The maximum absolute atomic E-state index is 12.3. The minimum Gasteiger partial charge on any atom is -0.345 e. The van der Waals surface area contributed by atoms with Crippen LogP contribution < -0.4 is 5.32 Å². The highest BCUT2D eigenvalue weighted by atomic mass is 16.5. The second kappa shape index (κ2) is 7.52. The molecule has 8 heteroatoms. The molecule has 0 radical (unpaired) electrons. The van der Waals surface area contributed by atoms with E-state index in [0.717, 1.165) is 11.1 Å². The Bertz CT molecular complexity index is 1030. The van der Waals surface area contributed by atoms with Crippen molar-refractivity contribution >= 4 is 5.91 Å². The van der Waals surface area contributed by atoms with Crippen molar-refractivity contribution in [3.8, 4) is 22.8 Å². The molecule has 3 heterocycles. The van der Waals surface area contributed by atoms with Crippen molar-refractivity contribution in [3.05, 3.63) is 78.6 Å². The molecule has 0 spiro atoms. The molecule has 1 amide bonds. The minimum absolute atomic E-state index is 0.140. The maximum Gasteiger partial charge on any atom is 0.257 e. The summed E-state index contributed by atoms with van der Waals surface area (Å²) < 4.78 is 5.21. The summed E-state index contributed by atoms with van der Waals surface area (Å²) in [5.41, 5.74) is 2.00. The van der Waals surface area contributed by atoms with E-state index >= 15 is 0 Å². The molecule has 8 nitrogen and oxygen atoms in total. The number of amides is 1. The number of carbonyl (C=O) groups is 1. The second-order valence-corrected chi connectivity index (χ2v) is 5.60. The van der Waals surface area contributed by atoms with Gasteiger partial charge >= 0.3 is 0 Å². The molecule has 0 atom stereocenters. The van der Waals surface area contributed by atoms with E-state index in [1.165, 1.54) is 12.4 Å². The normalized spacial score (nSPS) is 10.5. The van der Waals surface area contributed by atoms with E-state index in [-0.39, 0.29) is 12.5 Å². The van der Waals surface area contributed by atoms with Crippen molar-refractivity contribution in [3.63, 3.8) is 0 Å². The second-order valence-electron chi connectivity index (χ2n) is 5.60. The van der Waals surface area contributed by atoms with Crippen LogP contribution in [0.4, 0.5) is 0 Å². The van der Waals surface area contributed by atoms with Gasteiger partial charge in [0.05, 0.1) is 12.1 Å². The molecule has 0 saturated carbocycles. The molecule has 1 N–H and O–H groups in total. The molecule has 0 fully saturated rings. The van der Waals surface area contributed by atoms with Crippen molar-refractivity contribution < 1.29 is 9.32 Å². The molecule has 4 aromatic rings. The predicted octanol–water partition coefficient (Wildman–Crippen LogP) is 2.52. The Labute approximate surface area is 154 Å². The van der Waals surface area contributed by atoms with Gasteiger partial charge in [0.1, 0.15) is 0 Å². The molecule has 0 bridgehead atoms. The molecule has 0 unspecified atom stereocenters.